The zero-order chi connectivity index (χ0) is 14.9. The molecule has 1 unspecified atom stereocenters. The minimum atomic E-state index is -2.54. The van der Waals surface area contributed by atoms with E-state index in [9.17, 15) is 4.57 Å². The van der Waals surface area contributed by atoms with Gasteiger partial charge >= 0.3 is 8.25 Å². The Morgan fingerprint density at radius 1 is 0.700 bits per heavy atom. The van der Waals surface area contributed by atoms with Crippen LogP contribution in [0.5, 0.6) is 0 Å². The summed E-state index contributed by atoms with van der Waals surface area (Å²) in [6.45, 7) is 4.43. The smallest absolute Gasteiger partial charge is 0.382 e. The maximum atomic E-state index is 10.1. The molecule has 0 radical (unpaired) electrons. The molecule has 1 N–H and O–H groups in total. The molecule has 0 aromatic heterocycles. The molecule has 0 amide bonds. The summed E-state index contributed by atoms with van der Waals surface area (Å²) in [7, 11) is -0.910. The van der Waals surface area contributed by atoms with Crippen LogP contribution in [0, 0.1) is 0 Å². The van der Waals surface area contributed by atoms with Crippen molar-refractivity contribution in [3.8, 4) is 0 Å². The van der Waals surface area contributed by atoms with E-state index in [1.54, 1.807) is 7.11 Å². The quantitative estimate of drug-likeness (QED) is 0.322. The van der Waals surface area contributed by atoms with Crippen molar-refractivity contribution in [1.29, 1.82) is 0 Å². The predicted octanol–water partition coefficient (Wildman–Crippen LogP) is 0.365. The zero-order valence-electron chi connectivity index (χ0n) is 11.8. The van der Waals surface area contributed by atoms with Gasteiger partial charge in [-0.1, -0.05) is 0 Å². The number of methoxy groups -OCH3 is 1. The molecule has 8 nitrogen and oxygen atoms in total. The Morgan fingerprint density at radius 3 is 1.40 bits per heavy atom. The first-order valence-corrected chi connectivity index (χ1v) is 7.49. The molecule has 0 saturated carbocycles. The first kappa shape index (κ1) is 19.8. The van der Waals surface area contributed by atoms with Crippen LogP contribution in [0.2, 0.25) is 0 Å². The van der Waals surface area contributed by atoms with Gasteiger partial charge in [-0.2, -0.15) is 0 Å². The van der Waals surface area contributed by atoms with Gasteiger partial charge in [0.15, 0.2) is 0 Å². The van der Waals surface area contributed by atoms with Crippen LogP contribution >= 0.6 is 8.25 Å². The molecule has 0 aliphatic heterocycles. The summed E-state index contributed by atoms with van der Waals surface area (Å²) in [6, 6.07) is 0. The highest BCUT2D eigenvalue weighted by atomic mass is 31.1. The standard InChI is InChI=1S/C11H23O8P/c1-14-2-3-15-4-5-16-6-7-17-8-9-18-10-11-19-20(12)13/h2-11H2,1H3/p+1. The highest BCUT2D eigenvalue weighted by Crippen LogP contribution is 2.12. The lowest BCUT2D eigenvalue weighted by molar-refractivity contribution is -0.00983. The van der Waals surface area contributed by atoms with Crippen LogP contribution in [-0.2, 0) is 32.8 Å². The highest BCUT2D eigenvalue weighted by Gasteiger charge is 2.10. The lowest BCUT2D eigenvalue weighted by atomic mass is 10.7. The number of hydrogen-bond donors (Lipinski definition) is 1. The topological polar surface area (TPSA) is 92.7 Å². The summed E-state index contributed by atoms with van der Waals surface area (Å²) in [5.41, 5.74) is 0. The summed E-state index contributed by atoms with van der Waals surface area (Å²) >= 11 is 0. The largest absolute Gasteiger partial charge is 0.694 e. The summed E-state index contributed by atoms with van der Waals surface area (Å²) in [4.78, 5) is 8.33. The molecule has 0 aliphatic rings. The monoisotopic (exact) mass is 315 g/mol. The van der Waals surface area contributed by atoms with Crippen molar-refractivity contribution in [2.75, 3.05) is 73.2 Å². The van der Waals surface area contributed by atoms with Gasteiger partial charge in [0, 0.05) is 11.7 Å². The van der Waals surface area contributed by atoms with Crippen molar-refractivity contribution in [2.24, 2.45) is 0 Å². The van der Waals surface area contributed by atoms with Gasteiger partial charge < -0.3 is 23.7 Å². The van der Waals surface area contributed by atoms with E-state index in [0.717, 1.165) is 0 Å². The SMILES string of the molecule is COCCOCCOCCOCCOCCO[P+](=O)O. The highest BCUT2D eigenvalue weighted by molar-refractivity contribution is 7.32. The van der Waals surface area contributed by atoms with E-state index in [2.05, 4.69) is 4.52 Å². The van der Waals surface area contributed by atoms with Gasteiger partial charge in [0.25, 0.3) is 0 Å². The van der Waals surface area contributed by atoms with Crippen LogP contribution in [0.15, 0.2) is 0 Å². The van der Waals surface area contributed by atoms with Gasteiger partial charge in [0.2, 0.25) is 0 Å². The molecule has 0 aromatic carbocycles. The molecule has 20 heavy (non-hydrogen) atoms. The Bertz CT molecular complexity index is 217. The van der Waals surface area contributed by atoms with Gasteiger partial charge in [-0.05, 0) is 0 Å². The summed E-state index contributed by atoms with van der Waals surface area (Å²) in [6.07, 6.45) is 0. The van der Waals surface area contributed by atoms with E-state index in [1.807, 2.05) is 0 Å². The number of hydrogen-bond acceptors (Lipinski definition) is 7. The molecule has 0 rings (SSSR count). The van der Waals surface area contributed by atoms with Gasteiger partial charge in [-0.25, -0.2) is 0 Å². The van der Waals surface area contributed by atoms with Gasteiger partial charge in [0.1, 0.15) is 6.61 Å². The number of ether oxygens (including phenoxy) is 5. The lowest BCUT2D eigenvalue weighted by Crippen LogP contribution is -2.13. The van der Waals surface area contributed by atoms with Crippen molar-refractivity contribution in [3.05, 3.63) is 0 Å². The molecule has 0 bridgehead atoms. The molecule has 1 atom stereocenters. The first-order chi connectivity index (χ1) is 9.77. The average Bonchev–Trinajstić information content (AvgIpc) is 2.43. The molecule has 9 heteroatoms. The molecule has 120 valence electrons. The van der Waals surface area contributed by atoms with Crippen LogP contribution in [0.3, 0.4) is 0 Å². The molecular weight excluding hydrogens is 291 g/mol. The van der Waals surface area contributed by atoms with E-state index < -0.39 is 8.25 Å². The summed E-state index contributed by atoms with van der Waals surface area (Å²) in [5.74, 6) is 0. The van der Waals surface area contributed by atoms with Crippen molar-refractivity contribution >= 4 is 8.25 Å². The maximum absolute atomic E-state index is 10.1. The second-order valence-electron chi connectivity index (χ2n) is 3.51. The normalized spacial score (nSPS) is 11.8. The fraction of sp³-hybridized carbons (Fsp3) is 1.00. The molecule has 0 heterocycles. The van der Waals surface area contributed by atoms with E-state index in [0.29, 0.717) is 52.9 Å². The third-order valence-corrected chi connectivity index (χ3v) is 2.38. The van der Waals surface area contributed by atoms with E-state index in [-0.39, 0.29) is 13.2 Å². The molecule has 0 spiro atoms. The van der Waals surface area contributed by atoms with Crippen molar-refractivity contribution < 1.29 is 37.7 Å². The van der Waals surface area contributed by atoms with Gasteiger partial charge in [0.05, 0.1) is 59.5 Å². The van der Waals surface area contributed by atoms with Crippen molar-refractivity contribution in [2.45, 2.75) is 0 Å². The van der Waals surface area contributed by atoms with Crippen molar-refractivity contribution in [1.82, 2.24) is 0 Å². The van der Waals surface area contributed by atoms with Crippen LogP contribution in [0.1, 0.15) is 0 Å². The molecule has 0 aromatic rings. The third-order valence-electron chi connectivity index (χ3n) is 1.98. The zero-order valence-corrected chi connectivity index (χ0v) is 12.7. The minimum Gasteiger partial charge on any atom is -0.382 e. The maximum Gasteiger partial charge on any atom is 0.694 e. The lowest BCUT2D eigenvalue weighted by Gasteiger charge is -2.06. The Labute approximate surface area is 120 Å². The number of rotatable bonds is 16. The fourth-order valence-electron chi connectivity index (χ4n) is 1.08. The van der Waals surface area contributed by atoms with Gasteiger partial charge in [-0.3, -0.25) is 0 Å². The van der Waals surface area contributed by atoms with Gasteiger partial charge in [-0.15, -0.1) is 9.42 Å². The molecular formula is C11H24O8P+. The minimum absolute atomic E-state index is 0.0951. The molecule has 0 fully saturated rings. The second-order valence-corrected chi connectivity index (χ2v) is 4.25. The first-order valence-electron chi connectivity index (χ1n) is 6.36. The van der Waals surface area contributed by atoms with E-state index >= 15 is 0 Å². The Kier molecular flexibility index (Phi) is 16.7. The average molecular weight is 315 g/mol. The third kappa shape index (κ3) is 17.8. The van der Waals surface area contributed by atoms with E-state index in [4.69, 9.17) is 28.6 Å². The molecule has 0 aliphatic carbocycles. The molecule has 0 saturated heterocycles. The second kappa shape index (κ2) is 16.9. The van der Waals surface area contributed by atoms with Crippen LogP contribution < -0.4 is 0 Å². The Balaban J connectivity index is 2.94. The van der Waals surface area contributed by atoms with Crippen molar-refractivity contribution in [3.63, 3.8) is 0 Å². The summed E-state index contributed by atoms with van der Waals surface area (Å²) < 4.78 is 40.2. The van der Waals surface area contributed by atoms with E-state index in [1.165, 1.54) is 0 Å². The predicted molar refractivity (Wildman–Crippen MR) is 70.9 cm³/mol. The van der Waals surface area contributed by atoms with Crippen LogP contribution in [-0.4, -0.2) is 78.1 Å². The Morgan fingerprint density at radius 2 is 1.05 bits per heavy atom. The summed E-state index contributed by atoms with van der Waals surface area (Å²) in [5, 5.41) is 0. The van der Waals surface area contributed by atoms with Crippen LogP contribution in [0.25, 0.3) is 0 Å². The Hall–Kier alpha value is -0.180. The fourth-order valence-corrected chi connectivity index (χ4v) is 1.31. The van der Waals surface area contributed by atoms with Crippen LogP contribution in [0.4, 0.5) is 0 Å².